The van der Waals surface area contributed by atoms with Crippen molar-refractivity contribution in [1.82, 2.24) is 40.2 Å². The highest BCUT2D eigenvalue weighted by atomic mass is 32.2. The van der Waals surface area contributed by atoms with Crippen LogP contribution in [0.25, 0.3) is 11.4 Å². The molecule has 0 bridgehead atoms. The Morgan fingerprint density at radius 1 is 1.36 bits per heavy atom. The van der Waals surface area contributed by atoms with E-state index in [1.54, 1.807) is 25.3 Å². The van der Waals surface area contributed by atoms with E-state index in [0.29, 0.717) is 29.6 Å². The van der Waals surface area contributed by atoms with E-state index in [1.165, 1.54) is 11.9 Å². The number of nitrogens with zero attached hydrogens (tertiary/aromatic N) is 6. The maximum atomic E-state index is 12.9. The molecule has 36 heavy (non-hydrogen) atoms. The van der Waals surface area contributed by atoms with Crippen molar-refractivity contribution in [3.63, 3.8) is 0 Å². The molecule has 14 nitrogen and oxygen atoms in total. The lowest BCUT2D eigenvalue weighted by Gasteiger charge is -2.31. The van der Waals surface area contributed by atoms with Crippen LogP contribution in [0.3, 0.4) is 0 Å². The van der Waals surface area contributed by atoms with E-state index in [2.05, 4.69) is 35.6 Å². The van der Waals surface area contributed by atoms with E-state index in [1.807, 2.05) is 9.47 Å². The Labute approximate surface area is 211 Å². The molecule has 2 aromatic heterocycles. The predicted octanol–water partition coefficient (Wildman–Crippen LogP) is 0.388. The van der Waals surface area contributed by atoms with Crippen molar-refractivity contribution in [3.05, 3.63) is 24.0 Å². The second kappa shape index (κ2) is 10.1. The number of H-pyrrole nitrogens is 1. The number of nitrogens with one attached hydrogen (secondary N) is 3. The van der Waals surface area contributed by atoms with Crippen LogP contribution >= 0.6 is 11.9 Å². The number of carbonyl (C=O) groups is 1. The fraction of sp³-hybridized carbons (Fsp3) is 0.450. The smallest absolute Gasteiger partial charge is 0.358 e. The molecular formula is C20H26N10O4S2. The molecule has 5 rings (SSSR count). The van der Waals surface area contributed by atoms with Gasteiger partial charge in [-0.2, -0.15) is 5.21 Å². The van der Waals surface area contributed by atoms with Crippen LogP contribution in [0.5, 0.6) is 0 Å². The van der Waals surface area contributed by atoms with Gasteiger partial charge in [-0.25, -0.2) is 23.3 Å². The average Bonchev–Trinajstić information content (AvgIpc) is 3.63. The quantitative estimate of drug-likeness (QED) is 0.230. The lowest BCUT2D eigenvalue weighted by molar-refractivity contribution is 0.0520. The van der Waals surface area contributed by atoms with Crippen LogP contribution in [0.15, 0.2) is 28.1 Å². The number of esters is 1. The molecule has 0 saturated carbocycles. The number of anilines is 2. The van der Waals surface area contributed by atoms with Gasteiger partial charge >= 0.3 is 5.97 Å². The molecular weight excluding hydrogens is 508 g/mol. The number of hydrogen-bond acceptors (Lipinski definition) is 12. The zero-order chi connectivity index (χ0) is 25.3. The minimum Gasteiger partial charge on any atom is -0.461 e. The molecule has 1 saturated heterocycles. The Bertz CT molecular complexity index is 1350. The summed E-state index contributed by atoms with van der Waals surface area (Å²) in [6.45, 7) is 4.80. The van der Waals surface area contributed by atoms with Crippen LogP contribution in [0, 0.1) is 0 Å². The molecule has 0 unspecified atom stereocenters. The number of primary sulfonamides is 1. The van der Waals surface area contributed by atoms with Gasteiger partial charge in [-0.05, 0) is 55.6 Å². The predicted molar refractivity (Wildman–Crippen MR) is 131 cm³/mol. The van der Waals surface area contributed by atoms with Crippen molar-refractivity contribution >= 4 is 39.6 Å². The Hall–Kier alpha value is -3.05. The van der Waals surface area contributed by atoms with Crippen LogP contribution in [0.2, 0.25) is 0 Å². The molecule has 2 aliphatic rings. The molecule has 0 aliphatic carbocycles. The van der Waals surface area contributed by atoms with Gasteiger partial charge in [0.2, 0.25) is 21.8 Å². The highest BCUT2D eigenvalue weighted by molar-refractivity contribution is 7.98. The lowest BCUT2D eigenvalue weighted by atomic mass is 10.1. The maximum Gasteiger partial charge on any atom is 0.358 e. The number of carbonyl (C=O) groups excluding carboxylic acids is 1. The summed E-state index contributed by atoms with van der Waals surface area (Å²) in [6, 6.07) is 3.67. The molecule has 0 amide bonds. The van der Waals surface area contributed by atoms with Gasteiger partial charge in [-0.15, -0.1) is 10.2 Å². The third-order valence-electron chi connectivity index (χ3n) is 5.90. The van der Waals surface area contributed by atoms with Crippen LogP contribution < -0.4 is 20.1 Å². The zero-order valence-electron chi connectivity index (χ0n) is 19.5. The van der Waals surface area contributed by atoms with Gasteiger partial charge in [0.25, 0.3) is 0 Å². The largest absolute Gasteiger partial charge is 0.461 e. The number of fused-ring (bicyclic) bond motifs is 1. The Morgan fingerprint density at radius 3 is 2.92 bits per heavy atom. The summed E-state index contributed by atoms with van der Waals surface area (Å²) in [4.78, 5) is 18.9. The van der Waals surface area contributed by atoms with E-state index >= 15 is 0 Å². The molecule has 0 radical (unpaired) electrons. The number of nitrogens with two attached hydrogens (primary N) is 1. The van der Waals surface area contributed by atoms with Crippen molar-refractivity contribution < 1.29 is 17.9 Å². The fourth-order valence-corrected chi connectivity index (χ4v) is 6.47. The minimum atomic E-state index is -4.22. The van der Waals surface area contributed by atoms with Crippen molar-refractivity contribution in [3.8, 4) is 11.4 Å². The zero-order valence-corrected chi connectivity index (χ0v) is 21.1. The number of hydrogen-bond donors (Lipinski definition) is 4. The third kappa shape index (κ3) is 4.81. The molecule has 5 N–H and O–H groups in total. The number of aryl methyl sites for hydroxylation is 1. The second-order valence-corrected chi connectivity index (χ2v) is 10.7. The number of benzene rings is 1. The molecule has 4 heterocycles. The van der Waals surface area contributed by atoms with E-state index in [0.717, 1.165) is 25.9 Å². The summed E-state index contributed by atoms with van der Waals surface area (Å²) in [6.07, 6.45) is 3.29. The molecule has 1 aromatic carbocycles. The molecule has 3 aromatic rings. The van der Waals surface area contributed by atoms with Gasteiger partial charge in [0.15, 0.2) is 5.69 Å². The minimum absolute atomic E-state index is 0.0771. The molecule has 1 atom stereocenters. The van der Waals surface area contributed by atoms with E-state index < -0.39 is 16.0 Å². The number of aromatic amines is 1. The Morgan fingerprint density at radius 2 is 2.22 bits per heavy atom. The summed E-state index contributed by atoms with van der Waals surface area (Å²) in [5.74, 6) is 0.0282. The van der Waals surface area contributed by atoms with E-state index in [9.17, 15) is 13.2 Å². The number of rotatable bonds is 8. The van der Waals surface area contributed by atoms with Crippen LogP contribution in [-0.4, -0.2) is 76.8 Å². The highest BCUT2D eigenvalue weighted by Gasteiger charge is 2.32. The van der Waals surface area contributed by atoms with Gasteiger partial charge in [0.05, 0.1) is 17.9 Å². The Balaban J connectivity index is 1.63. The number of tetrazole rings is 1. The first-order chi connectivity index (χ1) is 17.4. The van der Waals surface area contributed by atoms with Crippen molar-refractivity contribution in [1.29, 1.82) is 0 Å². The molecule has 0 spiro atoms. The SMILES string of the molecule is CCOC(=O)c1cn2c(n1)N(c1ccc(SN[C@@H]3CCNC3)c(S(N)(=O)=O)c1-c1nn[nH]n1)CCC2. The highest BCUT2D eigenvalue weighted by Crippen LogP contribution is 2.42. The van der Waals surface area contributed by atoms with Crippen LogP contribution in [0.1, 0.15) is 30.3 Å². The summed E-state index contributed by atoms with van der Waals surface area (Å²) < 4.78 is 36.2. The van der Waals surface area contributed by atoms with Crippen LogP contribution in [-0.2, 0) is 21.3 Å². The first-order valence-electron chi connectivity index (χ1n) is 11.5. The van der Waals surface area contributed by atoms with Crippen LogP contribution in [0.4, 0.5) is 11.6 Å². The maximum absolute atomic E-state index is 12.9. The summed E-state index contributed by atoms with van der Waals surface area (Å²) >= 11 is 1.20. The topological polar surface area (TPSA) is 186 Å². The Kier molecular flexibility index (Phi) is 6.94. The first-order valence-corrected chi connectivity index (χ1v) is 13.8. The standard InChI is InChI=1S/C20H26N10O4S2/c1-2-34-19(31)13-11-29-8-3-9-30(20(29)23-13)14-4-5-15(35-26-12-6-7-22-10-12)17(36(21,32)33)16(14)18-24-27-28-25-18/h4-5,11-12,22,26H,2-3,6-10H2,1H3,(H2,21,32,33)(H,24,25,27,28)/t12-/m1/s1. The third-order valence-corrected chi connectivity index (χ3v) is 8.04. The summed E-state index contributed by atoms with van der Waals surface area (Å²) in [7, 11) is -4.22. The first kappa shape index (κ1) is 24.6. The monoisotopic (exact) mass is 534 g/mol. The summed E-state index contributed by atoms with van der Waals surface area (Å²) in [5, 5.41) is 23.2. The number of aromatic nitrogens is 6. The molecule has 1 fully saturated rings. The number of sulfonamides is 1. The summed E-state index contributed by atoms with van der Waals surface area (Å²) in [5.41, 5.74) is 0.860. The molecule has 2 aliphatic heterocycles. The number of imidazole rings is 1. The second-order valence-electron chi connectivity index (χ2n) is 8.32. The normalized spacial score (nSPS) is 17.8. The van der Waals surface area contributed by atoms with Crippen molar-refractivity contribution in [2.24, 2.45) is 5.14 Å². The fourth-order valence-electron chi connectivity index (χ4n) is 4.34. The van der Waals surface area contributed by atoms with Gasteiger partial charge in [-0.3, -0.25) is 4.72 Å². The van der Waals surface area contributed by atoms with E-state index in [-0.39, 0.29) is 34.6 Å². The van der Waals surface area contributed by atoms with Crippen molar-refractivity contribution in [2.75, 3.05) is 31.1 Å². The van der Waals surface area contributed by atoms with Gasteiger partial charge in [-0.1, -0.05) is 0 Å². The number of ether oxygens (including phenoxy) is 1. The van der Waals surface area contributed by atoms with Gasteiger partial charge in [0, 0.05) is 36.8 Å². The molecule has 192 valence electrons. The van der Waals surface area contributed by atoms with Crippen molar-refractivity contribution in [2.45, 2.75) is 42.1 Å². The van der Waals surface area contributed by atoms with Gasteiger partial charge < -0.3 is 19.5 Å². The van der Waals surface area contributed by atoms with Gasteiger partial charge in [0.1, 0.15) is 4.90 Å². The van der Waals surface area contributed by atoms with E-state index in [4.69, 9.17) is 9.88 Å². The average molecular weight is 535 g/mol. The molecule has 16 heteroatoms. The lowest BCUT2D eigenvalue weighted by Crippen LogP contribution is -2.29.